The van der Waals surface area contributed by atoms with Crippen LogP contribution in [0.5, 0.6) is 0 Å². The van der Waals surface area contributed by atoms with Crippen LogP contribution in [0, 0.1) is 11.3 Å². The van der Waals surface area contributed by atoms with Crippen molar-refractivity contribution < 1.29 is 4.79 Å². The third-order valence-corrected chi connectivity index (χ3v) is 4.89. The molecule has 0 aliphatic heterocycles. The Kier molecular flexibility index (Phi) is 6.01. The standard InChI is InChI=1S/C19H30N2O/c1-19(2,13-15-9-5-3-6-10-15)18(22)21-17(14-20)16-11-7-4-8-12-16/h3,5-6,9-10,16-17H,4,7-8,11-14,20H2,1-2H3,(H,21,22). The molecule has 122 valence electrons. The SMILES string of the molecule is CC(C)(Cc1ccccc1)C(=O)NC(CN)C1CCCCC1. The maximum Gasteiger partial charge on any atom is 0.226 e. The van der Waals surface area contributed by atoms with Crippen LogP contribution in [0.4, 0.5) is 0 Å². The number of benzene rings is 1. The second-order valence-corrected chi connectivity index (χ2v) is 7.26. The average Bonchev–Trinajstić information content (AvgIpc) is 2.53. The van der Waals surface area contributed by atoms with Crippen molar-refractivity contribution in [1.29, 1.82) is 0 Å². The molecule has 0 spiro atoms. The fourth-order valence-corrected chi connectivity index (χ4v) is 3.46. The van der Waals surface area contributed by atoms with Crippen molar-refractivity contribution in [2.45, 2.75) is 58.4 Å². The Morgan fingerprint density at radius 2 is 1.86 bits per heavy atom. The van der Waals surface area contributed by atoms with E-state index in [4.69, 9.17) is 5.73 Å². The second-order valence-electron chi connectivity index (χ2n) is 7.26. The van der Waals surface area contributed by atoms with E-state index in [-0.39, 0.29) is 11.9 Å². The molecular weight excluding hydrogens is 272 g/mol. The second kappa shape index (κ2) is 7.77. The Morgan fingerprint density at radius 3 is 2.45 bits per heavy atom. The van der Waals surface area contributed by atoms with Crippen LogP contribution in [0.25, 0.3) is 0 Å². The maximum atomic E-state index is 12.7. The molecular formula is C19H30N2O. The number of carbonyl (C=O) groups excluding carboxylic acids is 1. The highest BCUT2D eigenvalue weighted by Gasteiger charge is 2.31. The number of carbonyl (C=O) groups is 1. The molecule has 1 fully saturated rings. The van der Waals surface area contributed by atoms with Gasteiger partial charge in [-0.2, -0.15) is 0 Å². The van der Waals surface area contributed by atoms with Crippen LogP contribution in [0.15, 0.2) is 30.3 Å². The zero-order valence-corrected chi connectivity index (χ0v) is 14.0. The van der Waals surface area contributed by atoms with Crippen molar-refractivity contribution in [1.82, 2.24) is 5.32 Å². The predicted octanol–water partition coefficient (Wildman–Crippen LogP) is 3.28. The summed E-state index contributed by atoms with van der Waals surface area (Å²) in [5, 5.41) is 3.23. The molecule has 3 heteroatoms. The molecule has 3 nitrogen and oxygen atoms in total. The molecule has 1 atom stereocenters. The zero-order valence-electron chi connectivity index (χ0n) is 14.0. The van der Waals surface area contributed by atoms with Gasteiger partial charge in [0.2, 0.25) is 5.91 Å². The summed E-state index contributed by atoms with van der Waals surface area (Å²) in [7, 11) is 0. The fraction of sp³-hybridized carbons (Fsp3) is 0.632. The Bertz CT molecular complexity index is 464. The number of nitrogens with one attached hydrogen (secondary N) is 1. The molecule has 0 saturated heterocycles. The third kappa shape index (κ3) is 4.57. The Morgan fingerprint density at radius 1 is 1.23 bits per heavy atom. The smallest absolute Gasteiger partial charge is 0.226 e. The van der Waals surface area contributed by atoms with Crippen LogP contribution in [-0.2, 0) is 11.2 Å². The first-order valence-corrected chi connectivity index (χ1v) is 8.58. The van der Waals surface area contributed by atoms with E-state index >= 15 is 0 Å². The molecule has 0 heterocycles. The van der Waals surface area contributed by atoms with Gasteiger partial charge in [0.05, 0.1) is 0 Å². The number of amides is 1. The summed E-state index contributed by atoms with van der Waals surface area (Å²) in [6, 6.07) is 10.3. The lowest BCUT2D eigenvalue weighted by molar-refractivity contribution is -0.130. The van der Waals surface area contributed by atoms with Gasteiger partial charge in [-0.05, 0) is 30.7 Å². The first-order chi connectivity index (χ1) is 10.5. The Labute approximate surface area is 134 Å². The highest BCUT2D eigenvalue weighted by atomic mass is 16.2. The molecule has 22 heavy (non-hydrogen) atoms. The van der Waals surface area contributed by atoms with Crippen LogP contribution in [0.3, 0.4) is 0 Å². The monoisotopic (exact) mass is 302 g/mol. The fourth-order valence-electron chi connectivity index (χ4n) is 3.46. The van der Waals surface area contributed by atoms with Crippen LogP contribution >= 0.6 is 0 Å². The molecule has 1 amide bonds. The van der Waals surface area contributed by atoms with Crippen molar-refractivity contribution in [3.63, 3.8) is 0 Å². The van der Waals surface area contributed by atoms with Crippen LogP contribution in [0.1, 0.15) is 51.5 Å². The van der Waals surface area contributed by atoms with E-state index in [1.165, 1.54) is 37.7 Å². The van der Waals surface area contributed by atoms with E-state index in [1.807, 2.05) is 32.0 Å². The van der Waals surface area contributed by atoms with Gasteiger partial charge < -0.3 is 11.1 Å². The van der Waals surface area contributed by atoms with Gasteiger partial charge in [-0.25, -0.2) is 0 Å². The summed E-state index contributed by atoms with van der Waals surface area (Å²) < 4.78 is 0. The van der Waals surface area contributed by atoms with Crippen molar-refractivity contribution in [2.24, 2.45) is 17.1 Å². The van der Waals surface area contributed by atoms with Gasteiger partial charge in [0, 0.05) is 18.0 Å². The van der Waals surface area contributed by atoms with E-state index < -0.39 is 5.41 Å². The van der Waals surface area contributed by atoms with Crippen molar-refractivity contribution in [3.05, 3.63) is 35.9 Å². The van der Waals surface area contributed by atoms with Gasteiger partial charge in [-0.1, -0.05) is 63.4 Å². The number of rotatable bonds is 6. The zero-order chi connectivity index (χ0) is 16.0. The van der Waals surface area contributed by atoms with E-state index in [9.17, 15) is 4.79 Å². The average molecular weight is 302 g/mol. The number of hydrogen-bond donors (Lipinski definition) is 2. The summed E-state index contributed by atoms with van der Waals surface area (Å²) >= 11 is 0. The lowest BCUT2D eigenvalue weighted by atomic mass is 9.81. The predicted molar refractivity (Wildman–Crippen MR) is 91.5 cm³/mol. The maximum absolute atomic E-state index is 12.7. The first kappa shape index (κ1) is 17.0. The summed E-state index contributed by atoms with van der Waals surface area (Å²) in [6.45, 7) is 4.57. The highest BCUT2D eigenvalue weighted by Crippen LogP contribution is 2.28. The third-order valence-electron chi connectivity index (χ3n) is 4.89. The van der Waals surface area contributed by atoms with Crippen molar-refractivity contribution >= 4 is 5.91 Å². The van der Waals surface area contributed by atoms with Crippen molar-refractivity contribution in [2.75, 3.05) is 6.54 Å². The Hall–Kier alpha value is -1.35. The lowest BCUT2D eigenvalue weighted by Crippen LogP contribution is -2.50. The minimum absolute atomic E-state index is 0.123. The van der Waals surface area contributed by atoms with Crippen LogP contribution in [-0.4, -0.2) is 18.5 Å². The van der Waals surface area contributed by atoms with Crippen LogP contribution in [0.2, 0.25) is 0 Å². The summed E-state index contributed by atoms with van der Waals surface area (Å²) in [5.74, 6) is 0.674. The normalized spacial score (nSPS) is 18.0. The molecule has 0 aromatic heterocycles. The molecule has 1 aliphatic rings. The number of hydrogen-bond acceptors (Lipinski definition) is 2. The van der Waals surface area contributed by atoms with E-state index in [2.05, 4.69) is 17.4 Å². The summed E-state index contributed by atoms with van der Waals surface area (Å²) in [5.41, 5.74) is 6.72. The van der Waals surface area contributed by atoms with Gasteiger partial charge in [0.25, 0.3) is 0 Å². The minimum Gasteiger partial charge on any atom is -0.351 e. The van der Waals surface area contributed by atoms with Gasteiger partial charge in [-0.15, -0.1) is 0 Å². The molecule has 2 rings (SSSR count). The molecule has 0 bridgehead atoms. The molecule has 1 aromatic carbocycles. The van der Waals surface area contributed by atoms with Gasteiger partial charge >= 0.3 is 0 Å². The summed E-state index contributed by atoms with van der Waals surface area (Å²) in [4.78, 5) is 12.7. The summed E-state index contributed by atoms with van der Waals surface area (Å²) in [6.07, 6.45) is 7.00. The van der Waals surface area contributed by atoms with Gasteiger partial charge in [0.15, 0.2) is 0 Å². The molecule has 1 aliphatic carbocycles. The molecule has 3 N–H and O–H groups in total. The Balaban J connectivity index is 1.96. The van der Waals surface area contributed by atoms with Gasteiger partial charge in [-0.3, -0.25) is 4.79 Å². The quantitative estimate of drug-likeness (QED) is 0.847. The topological polar surface area (TPSA) is 55.1 Å². The lowest BCUT2D eigenvalue weighted by Gasteiger charge is -2.33. The van der Waals surface area contributed by atoms with Crippen molar-refractivity contribution in [3.8, 4) is 0 Å². The molecule has 1 aromatic rings. The van der Waals surface area contributed by atoms with Gasteiger partial charge in [0.1, 0.15) is 0 Å². The molecule has 1 unspecified atom stereocenters. The highest BCUT2D eigenvalue weighted by molar-refractivity contribution is 5.82. The van der Waals surface area contributed by atoms with E-state index in [0.717, 1.165) is 6.42 Å². The minimum atomic E-state index is -0.413. The van der Waals surface area contributed by atoms with E-state index in [0.29, 0.717) is 12.5 Å². The number of nitrogens with two attached hydrogens (primary N) is 1. The van der Waals surface area contributed by atoms with E-state index in [1.54, 1.807) is 0 Å². The molecule has 1 saturated carbocycles. The molecule has 0 radical (unpaired) electrons. The largest absolute Gasteiger partial charge is 0.351 e. The first-order valence-electron chi connectivity index (χ1n) is 8.58. The van der Waals surface area contributed by atoms with Crippen LogP contribution < -0.4 is 11.1 Å².